The summed E-state index contributed by atoms with van der Waals surface area (Å²) in [5.41, 5.74) is 5.75. The van der Waals surface area contributed by atoms with E-state index < -0.39 is 15.8 Å². The van der Waals surface area contributed by atoms with Crippen LogP contribution in [0.3, 0.4) is 0 Å². The summed E-state index contributed by atoms with van der Waals surface area (Å²) in [5.74, 6) is 1.81. The van der Waals surface area contributed by atoms with Gasteiger partial charge < -0.3 is 21.9 Å². The van der Waals surface area contributed by atoms with Crippen molar-refractivity contribution in [2.45, 2.75) is 13.8 Å². The van der Waals surface area contributed by atoms with Crippen LogP contribution in [-0.2, 0) is 25.8 Å². The van der Waals surface area contributed by atoms with E-state index in [0.717, 1.165) is 24.7 Å². The van der Waals surface area contributed by atoms with Gasteiger partial charge in [-0.15, -0.1) is 12.8 Å². The summed E-state index contributed by atoms with van der Waals surface area (Å²) < 4.78 is 11.8. The second-order valence-electron chi connectivity index (χ2n) is 11.2. The Morgan fingerprint density at radius 3 is 0.904 bits per heavy atom. The van der Waals surface area contributed by atoms with Crippen molar-refractivity contribution in [3.63, 3.8) is 0 Å². The fraction of sp³-hybridized carbons (Fsp3) is 0.163. The first-order chi connectivity index (χ1) is 24.5. The minimum atomic E-state index is -0.795. The molecule has 0 fully saturated rings. The molecule has 0 aromatic heterocycles. The van der Waals surface area contributed by atoms with Crippen LogP contribution in [0.25, 0.3) is 0 Å². The fourth-order valence-electron chi connectivity index (χ4n) is 4.94. The van der Waals surface area contributed by atoms with Gasteiger partial charge in [-0.25, -0.2) is 0 Å². The van der Waals surface area contributed by atoms with E-state index in [1.807, 2.05) is 13.8 Å². The average Bonchev–Trinajstić information content (AvgIpc) is 3.16. The minimum absolute atomic E-state index is 0. The first-order valence-electron chi connectivity index (χ1n) is 16.6. The number of halogens is 1. The average molecular weight is 850 g/mol. The van der Waals surface area contributed by atoms with Crippen LogP contribution in [0.4, 0.5) is 0 Å². The van der Waals surface area contributed by atoms with Gasteiger partial charge in [0.05, 0.1) is 0 Å². The molecule has 4 nitrogen and oxygen atoms in total. The van der Waals surface area contributed by atoms with Crippen molar-refractivity contribution in [3.8, 4) is 11.5 Å². The molecule has 0 aliphatic rings. The Hall–Kier alpha value is -3.05. The molecular weight excluding hydrogens is 803 g/mol. The third-order valence-electron chi connectivity index (χ3n) is 6.90. The standard InChI is InChI=1S/C36H28OP2.C4H10O.C3H9P.ClH.Mo.NO/c1-5-17-29(18-6-1)38(30-19-7-2-8-20-30)35-27-15-13-25-33(35)37-34-26-14-16-28-36(34)39(31-21-9-3-10-22-31)32-23-11-4-12-24-32;1-3-5-4-2;1-4(2)3;;;1-2/h1-28H;3-4H2,1-2H3;1-3H3;1H;;/p-1. The molecule has 271 valence electrons. The van der Waals surface area contributed by atoms with Crippen molar-refractivity contribution >= 4 is 55.6 Å². The predicted octanol–water partition coefficient (Wildman–Crippen LogP) is 5.95. The molecule has 0 saturated heterocycles. The quantitative estimate of drug-likeness (QED) is 0.127. The van der Waals surface area contributed by atoms with E-state index in [1.54, 1.807) is 0 Å². The summed E-state index contributed by atoms with van der Waals surface area (Å²) in [7, 11) is -1.21. The Balaban J connectivity index is 0.000000924. The van der Waals surface area contributed by atoms with Gasteiger partial charge >= 0.3 is 0 Å². The minimum Gasteiger partial charge on any atom is -1.00 e. The van der Waals surface area contributed by atoms with Crippen molar-refractivity contribution in [1.29, 1.82) is 0 Å². The number of ether oxygens (including phenoxy) is 2. The Labute approximate surface area is 335 Å². The molecule has 0 bridgehead atoms. The second kappa shape index (κ2) is 27.5. The maximum Gasteiger partial charge on any atom is 0.135 e. The van der Waals surface area contributed by atoms with Crippen molar-refractivity contribution in [3.05, 3.63) is 175 Å². The zero-order valence-corrected chi connectivity index (χ0v) is 35.8. The number of hydrogen-bond donors (Lipinski definition) is 0. The molecule has 52 heavy (non-hydrogen) atoms. The summed E-state index contributed by atoms with van der Waals surface area (Å²) in [6.45, 7) is 12.4. The maximum atomic E-state index is 7.25. The molecule has 0 unspecified atom stereocenters. The number of nitrogens with zero attached hydrogens (tertiary/aromatic N) is 1. The largest absolute Gasteiger partial charge is 1.00 e. The van der Waals surface area contributed by atoms with Gasteiger partial charge in [0.15, 0.2) is 0 Å². The van der Waals surface area contributed by atoms with E-state index in [9.17, 15) is 0 Å². The number of para-hydroxylation sites is 2. The SMILES string of the molecule is CCOCC.CP(C)C.[Cl-].[Mo].[N]=O.c1ccc(P(c2ccccc2)c2ccccc2Oc2ccccc2P(c2ccccc2)c2ccccc2)cc1. The van der Waals surface area contributed by atoms with Crippen molar-refractivity contribution < 1.29 is 42.9 Å². The zero-order valence-electron chi connectivity index (χ0n) is 30.4. The number of rotatable bonds is 10. The summed E-state index contributed by atoms with van der Waals surface area (Å²) in [6, 6.07) is 60.2. The molecule has 9 heteroatoms. The Morgan fingerprint density at radius 1 is 0.442 bits per heavy atom. The van der Waals surface area contributed by atoms with Gasteiger partial charge in [0.25, 0.3) is 0 Å². The Morgan fingerprint density at radius 2 is 0.673 bits per heavy atom. The van der Waals surface area contributed by atoms with Crippen LogP contribution in [0.1, 0.15) is 13.8 Å². The van der Waals surface area contributed by atoms with Crippen LogP contribution in [0.2, 0.25) is 0 Å². The van der Waals surface area contributed by atoms with Gasteiger partial charge in [-0.2, -0.15) is 0 Å². The fourth-order valence-corrected chi connectivity index (χ4v) is 9.68. The normalized spacial score (nSPS) is 9.85. The first-order valence-corrected chi connectivity index (χ1v) is 21.9. The predicted molar refractivity (Wildman–Crippen MR) is 223 cm³/mol. The number of benzene rings is 6. The van der Waals surface area contributed by atoms with E-state index in [1.165, 1.54) is 31.8 Å². The maximum absolute atomic E-state index is 7.25. The van der Waals surface area contributed by atoms with Crippen molar-refractivity contribution in [2.75, 3.05) is 33.2 Å². The molecule has 0 atom stereocenters. The third kappa shape index (κ3) is 15.1. The third-order valence-corrected chi connectivity index (χ3v) is 11.9. The number of nitroso groups, excluding NO2 is 1. The topological polar surface area (TPSA) is 57.8 Å². The van der Waals surface area contributed by atoms with Gasteiger partial charge in [-0.05, 0) is 83.0 Å². The molecule has 0 spiro atoms. The molecule has 0 aliphatic carbocycles. The molecule has 6 rings (SSSR count). The molecule has 0 heterocycles. The molecule has 0 N–H and O–H groups in total. The van der Waals surface area contributed by atoms with Crippen LogP contribution < -0.4 is 54.6 Å². The van der Waals surface area contributed by atoms with Gasteiger partial charge in [0.1, 0.15) is 17.1 Å². The van der Waals surface area contributed by atoms with Gasteiger partial charge in [-0.3, -0.25) is 0 Å². The molecule has 6 aromatic carbocycles. The molecule has 1 radical (unpaired) electrons. The monoisotopic (exact) mass is 851 g/mol. The van der Waals surface area contributed by atoms with Crippen LogP contribution in [0, 0.1) is 4.91 Å². The van der Waals surface area contributed by atoms with Crippen LogP contribution in [-0.4, -0.2) is 33.2 Å². The smallest absolute Gasteiger partial charge is 0.135 e. The van der Waals surface area contributed by atoms with Crippen LogP contribution >= 0.6 is 23.8 Å². The summed E-state index contributed by atoms with van der Waals surface area (Å²) in [6.07, 6.45) is 0. The van der Waals surface area contributed by atoms with Gasteiger partial charge in [-0.1, -0.05) is 158 Å². The summed E-state index contributed by atoms with van der Waals surface area (Å²) in [5, 5.41) is 7.64. The second-order valence-corrected chi connectivity index (χ2v) is 18.2. The molecule has 0 aliphatic heterocycles. The van der Waals surface area contributed by atoms with Crippen LogP contribution in [0.5, 0.6) is 11.5 Å². The summed E-state index contributed by atoms with van der Waals surface area (Å²) in [4.78, 5) is 7.25. The van der Waals surface area contributed by atoms with E-state index in [2.05, 4.69) is 190 Å². The van der Waals surface area contributed by atoms with Crippen molar-refractivity contribution in [2.24, 2.45) is 0 Å². The molecule has 0 amide bonds. The Bertz CT molecular complexity index is 1560. The molecule has 0 saturated carbocycles. The van der Waals surface area contributed by atoms with Gasteiger partial charge in [0.2, 0.25) is 0 Å². The zero-order chi connectivity index (χ0) is 36.0. The summed E-state index contributed by atoms with van der Waals surface area (Å²) >= 11 is 0. The van der Waals surface area contributed by atoms with Crippen LogP contribution in [0.15, 0.2) is 170 Å². The van der Waals surface area contributed by atoms with Gasteiger partial charge in [0, 0.05) is 44.9 Å². The first kappa shape index (κ1) is 47.0. The molecule has 6 aromatic rings. The molecular formula is C43H47ClMoNO3P3-. The van der Waals surface area contributed by atoms with E-state index in [0.29, 0.717) is 7.92 Å². The number of hydrogen-bond acceptors (Lipinski definition) is 3. The van der Waals surface area contributed by atoms with E-state index >= 15 is 0 Å². The van der Waals surface area contributed by atoms with E-state index in [4.69, 9.17) is 20.0 Å². The van der Waals surface area contributed by atoms with Crippen molar-refractivity contribution in [1.82, 2.24) is 5.59 Å². The Kier molecular flexibility index (Phi) is 24.9. The van der Waals surface area contributed by atoms with E-state index in [-0.39, 0.29) is 33.5 Å².